The zero-order valence-corrected chi connectivity index (χ0v) is 16.9. The lowest BCUT2D eigenvalue weighted by Gasteiger charge is -2.17. The highest BCUT2D eigenvalue weighted by atomic mass is 32.2. The minimum absolute atomic E-state index is 0.304. The molecular formula is C21H28N2O3S. The van der Waals surface area contributed by atoms with Crippen LogP contribution in [0.3, 0.4) is 0 Å². The summed E-state index contributed by atoms with van der Waals surface area (Å²) in [5, 5.41) is 0. The Hall–Kier alpha value is -2.05. The van der Waals surface area contributed by atoms with E-state index in [1.807, 2.05) is 0 Å². The molecule has 1 saturated heterocycles. The second-order valence-electron chi connectivity index (χ2n) is 6.99. The fourth-order valence-electron chi connectivity index (χ4n) is 3.48. The Morgan fingerprint density at radius 2 is 1.78 bits per heavy atom. The number of anilines is 1. The number of nitrogens with one attached hydrogen (secondary N) is 1. The van der Waals surface area contributed by atoms with Gasteiger partial charge in [0, 0.05) is 25.3 Å². The predicted molar refractivity (Wildman–Crippen MR) is 109 cm³/mol. The molecule has 0 aromatic heterocycles. The van der Waals surface area contributed by atoms with Crippen molar-refractivity contribution in [2.24, 2.45) is 0 Å². The van der Waals surface area contributed by atoms with Crippen LogP contribution in [0.1, 0.15) is 30.4 Å². The number of aryl methyl sites for hydroxylation is 2. The highest BCUT2D eigenvalue weighted by Crippen LogP contribution is 2.22. The van der Waals surface area contributed by atoms with Crippen molar-refractivity contribution >= 4 is 15.7 Å². The number of benzene rings is 2. The molecule has 1 aliphatic heterocycles. The van der Waals surface area contributed by atoms with E-state index >= 15 is 0 Å². The van der Waals surface area contributed by atoms with Crippen LogP contribution in [0.4, 0.5) is 5.69 Å². The third-order valence-electron chi connectivity index (χ3n) is 5.01. The van der Waals surface area contributed by atoms with Crippen LogP contribution in [0.2, 0.25) is 0 Å². The van der Waals surface area contributed by atoms with E-state index in [0.717, 1.165) is 25.9 Å². The van der Waals surface area contributed by atoms with Gasteiger partial charge >= 0.3 is 0 Å². The van der Waals surface area contributed by atoms with Crippen molar-refractivity contribution in [2.45, 2.75) is 37.5 Å². The predicted octanol–water partition coefficient (Wildman–Crippen LogP) is 3.51. The van der Waals surface area contributed by atoms with Crippen molar-refractivity contribution in [3.05, 3.63) is 53.6 Å². The summed E-state index contributed by atoms with van der Waals surface area (Å²) in [4.78, 5) is 2.72. The monoisotopic (exact) mass is 388 g/mol. The summed E-state index contributed by atoms with van der Waals surface area (Å²) >= 11 is 0. The Morgan fingerprint density at radius 1 is 1.07 bits per heavy atom. The number of nitrogens with zero attached hydrogens (tertiary/aromatic N) is 1. The van der Waals surface area contributed by atoms with E-state index in [0.29, 0.717) is 22.8 Å². The third-order valence-corrected chi connectivity index (χ3v) is 6.63. The molecule has 1 aliphatic rings. The smallest absolute Gasteiger partial charge is 0.240 e. The number of rotatable bonds is 8. The number of ether oxygens (including phenoxy) is 1. The lowest BCUT2D eigenvalue weighted by atomic mass is 10.1. The van der Waals surface area contributed by atoms with Gasteiger partial charge < -0.3 is 9.64 Å². The molecule has 1 N–H and O–H groups in total. The molecule has 0 radical (unpaired) electrons. The minimum Gasteiger partial charge on any atom is -0.497 e. The molecular weight excluding hydrogens is 360 g/mol. The van der Waals surface area contributed by atoms with Crippen LogP contribution >= 0.6 is 0 Å². The van der Waals surface area contributed by atoms with Crippen LogP contribution < -0.4 is 14.4 Å². The lowest BCUT2D eigenvalue weighted by Crippen LogP contribution is -2.25. The van der Waals surface area contributed by atoms with Crippen LogP contribution in [0.5, 0.6) is 5.75 Å². The van der Waals surface area contributed by atoms with E-state index in [1.165, 1.54) is 24.1 Å². The average molecular weight is 389 g/mol. The van der Waals surface area contributed by atoms with Crippen LogP contribution in [-0.2, 0) is 16.4 Å². The fraction of sp³-hybridized carbons (Fsp3) is 0.429. The molecule has 1 fully saturated rings. The minimum atomic E-state index is -3.50. The highest BCUT2D eigenvalue weighted by Gasteiger charge is 2.16. The van der Waals surface area contributed by atoms with E-state index in [-0.39, 0.29) is 0 Å². The summed E-state index contributed by atoms with van der Waals surface area (Å²) in [5.74, 6) is 0.656. The first-order valence-electron chi connectivity index (χ1n) is 9.48. The Balaban J connectivity index is 1.50. The van der Waals surface area contributed by atoms with E-state index in [1.54, 1.807) is 32.2 Å². The number of methoxy groups -OCH3 is 1. The molecule has 5 nitrogen and oxygen atoms in total. The van der Waals surface area contributed by atoms with Gasteiger partial charge in [-0.2, -0.15) is 0 Å². The van der Waals surface area contributed by atoms with Crippen LogP contribution in [0.15, 0.2) is 47.4 Å². The normalized spacial score (nSPS) is 14.5. The maximum Gasteiger partial charge on any atom is 0.240 e. The summed E-state index contributed by atoms with van der Waals surface area (Å²) < 4.78 is 32.8. The van der Waals surface area contributed by atoms with Gasteiger partial charge in [0.2, 0.25) is 10.0 Å². The van der Waals surface area contributed by atoms with Crippen molar-refractivity contribution in [3.63, 3.8) is 0 Å². The molecule has 1 heterocycles. The summed E-state index contributed by atoms with van der Waals surface area (Å²) in [7, 11) is -1.93. The first kappa shape index (κ1) is 19.7. The van der Waals surface area contributed by atoms with Gasteiger partial charge in [-0.25, -0.2) is 13.1 Å². The second-order valence-corrected chi connectivity index (χ2v) is 8.73. The summed E-state index contributed by atoms with van der Waals surface area (Å²) in [6.07, 6.45) is 4.16. The van der Waals surface area contributed by atoms with Crippen molar-refractivity contribution in [1.82, 2.24) is 4.72 Å². The number of hydrogen-bond donors (Lipinski definition) is 1. The molecule has 6 heteroatoms. The maximum atomic E-state index is 12.5. The van der Waals surface area contributed by atoms with Crippen molar-refractivity contribution in [3.8, 4) is 5.75 Å². The molecule has 0 bridgehead atoms. The Bertz CT molecular complexity index is 857. The Labute approximate surface area is 162 Å². The molecule has 0 spiro atoms. The molecule has 2 aromatic rings. The Morgan fingerprint density at radius 3 is 2.41 bits per heavy atom. The van der Waals surface area contributed by atoms with Crippen molar-refractivity contribution < 1.29 is 13.2 Å². The highest BCUT2D eigenvalue weighted by molar-refractivity contribution is 7.89. The van der Waals surface area contributed by atoms with Crippen LogP contribution in [-0.4, -0.2) is 35.2 Å². The maximum absolute atomic E-state index is 12.5. The van der Waals surface area contributed by atoms with E-state index in [9.17, 15) is 8.42 Å². The van der Waals surface area contributed by atoms with Gasteiger partial charge in [-0.05, 0) is 74.1 Å². The SMILES string of the molecule is COc1ccc(S(=O)(=O)NCCCc2ccc(N3CCCC3)cc2)c(C)c1. The van der Waals surface area contributed by atoms with Crippen LogP contribution in [0, 0.1) is 6.92 Å². The van der Waals surface area contributed by atoms with Crippen molar-refractivity contribution in [1.29, 1.82) is 0 Å². The fourth-order valence-corrected chi connectivity index (χ4v) is 4.77. The zero-order chi connectivity index (χ0) is 19.3. The van der Waals surface area contributed by atoms with Gasteiger partial charge in [-0.3, -0.25) is 0 Å². The van der Waals surface area contributed by atoms with E-state index in [4.69, 9.17) is 4.74 Å². The molecule has 0 aliphatic carbocycles. The summed E-state index contributed by atoms with van der Waals surface area (Å²) in [6, 6.07) is 13.6. The van der Waals surface area contributed by atoms with Crippen molar-refractivity contribution in [2.75, 3.05) is 31.6 Å². The summed E-state index contributed by atoms with van der Waals surface area (Å²) in [6.45, 7) is 4.48. The van der Waals surface area contributed by atoms with Gasteiger partial charge in [0.05, 0.1) is 12.0 Å². The zero-order valence-electron chi connectivity index (χ0n) is 16.1. The number of hydrogen-bond acceptors (Lipinski definition) is 4. The van der Waals surface area contributed by atoms with E-state index in [2.05, 4.69) is 33.9 Å². The Kier molecular flexibility index (Phi) is 6.39. The first-order valence-corrected chi connectivity index (χ1v) is 11.0. The van der Waals surface area contributed by atoms with Gasteiger partial charge in [0.25, 0.3) is 0 Å². The molecule has 3 rings (SSSR count). The van der Waals surface area contributed by atoms with Gasteiger partial charge in [-0.15, -0.1) is 0 Å². The number of sulfonamides is 1. The molecule has 2 aromatic carbocycles. The average Bonchev–Trinajstić information content (AvgIpc) is 3.20. The first-order chi connectivity index (χ1) is 13.0. The topological polar surface area (TPSA) is 58.6 Å². The third kappa shape index (κ3) is 5.02. The van der Waals surface area contributed by atoms with E-state index < -0.39 is 10.0 Å². The standard InChI is InChI=1S/C21H28N2O3S/c1-17-16-20(26-2)11-12-21(17)27(24,25)22-13-5-6-18-7-9-19(10-8-18)23-14-3-4-15-23/h7-12,16,22H,3-6,13-15H2,1-2H3. The molecule has 0 unspecified atom stereocenters. The van der Waals surface area contributed by atoms with Gasteiger partial charge in [-0.1, -0.05) is 12.1 Å². The quantitative estimate of drug-likeness (QED) is 0.703. The molecule has 0 amide bonds. The second kappa shape index (κ2) is 8.76. The van der Waals surface area contributed by atoms with Gasteiger partial charge in [0.15, 0.2) is 0 Å². The molecule has 0 atom stereocenters. The summed E-state index contributed by atoms with van der Waals surface area (Å²) in [5.41, 5.74) is 3.20. The molecule has 146 valence electrons. The van der Waals surface area contributed by atoms with Crippen LogP contribution in [0.25, 0.3) is 0 Å². The largest absolute Gasteiger partial charge is 0.497 e. The van der Waals surface area contributed by atoms with Gasteiger partial charge in [0.1, 0.15) is 5.75 Å². The molecule has 0 saturated carbocycles. The molecule has 27 heavy (non-hydrogen) atoms. The lowest BCUT2D eigenvalue weighted by molar-refractivity contribution is 0.414.